The van der Waals surface area contributed by atoms with Gasteiger partial charge in [0.25, 0.3) is 0 Å². The summed E-state index contributed by atoms with van der Waals surface area (Å²) in [6.45, 7) is 8.11. The van der Waals surface area contributed by atoms with E-state index in [0.29, 0.717) is 11.5 Å². The van der Waals surface area contributed by atoms with Gasteiger partial charge in [0, 0.05) is 47.1 Å². The maximum Gasteiger partial charge on any atom is 0.224 e. The van der Waals surface area contributed by atoms with Crippen molar-refractivity contribution in [3.05, 3.63) is 101 Å². The van der Waals surface area contributed by atoms with Gasteiger partial charge in [-0.2, -0.15) is 0 Å². The maximum absolute atomic E-state index is 12.0. The topological polar surface area (TPSA) is 71.4 Å². The Hall–Kier alpha value is -4.17. The molecule has 200 valence electrons. The van der Waals surface area contributed by atoms with E-state index < -0.39 is 0 Å². The number of methoxy groups -OCH3 is 1. The molecule has 0 radical (unpaired) electrons. The van der Waals surface area contributed by atoms with Crippen molar-refractivity contribution in [3.63, 3.8) is 0 Å². The zero-order chi connectivity index (χ0) is 27.7. The van der Waals surface area contributed by atoms with Crippen molar-refractivity contribution in [1.82, 2.24) is 14.9 Å². The van der Waals surface area contributed by atoms with Crippen LogP contribution >= 0.6 is 12.2 Å². The zero-order valence-corrected chi connectivity index (χ0v) is 23.7. The van der Waals surface area contributed by atoms with Crippen LogP contribution in [0, 0.1) is 20.8 Å². The molecule has 2 atom stereocenters. The van der Waals surface area contributed by atoms with Crippen molar-refractivity contribution in [2.75, 3.05) is 17.3 Å². The standard InChI is InChI=1S/C31H33N5O2S/c1-6-28(37)33-26-14-13-23(16-19(26)2)36-30(29(34-31(36)39)27-12-7-8-15-32-27)25-17-20(3)35(21(25)4)22-10-9-11-24(18-22)38-5/h7-18,29-30H,6H2,1-5H3,(H,33,37)(H,34,39). The minimum atomic E-state index is -0.155. The van der Waals surface area contributed by atoms with Crippen LogP contribution in [0.3, 0.4) is 0 Å². The quantitative estimate of drug-likeness (QED) is 0.267. The fourth-order valence-electron chi connectivity index (χ4n) is 5.36. The largest absolute Gasteiger partial charge is 0.497 e. The molecule has 4 aromatic rings. The van der Waals surface area contributed by atoms with Crippen molar-refractivity contribution in [2.24, 2.45) is 0 Å². The van der Waals surface area contributed by atoms with Crippen molar-refractivity contribution in [3.8, 4) is 11.4 Å². The third-order valence-corrected chi connectivity index (χ3v) is 7.60. The van der Waals surface area contributed by atoms with Gasteiger partial charge in [-0.05, 0) is 92.6 Å². The molecule has 1 aliphatic heterocycles. The summed E-state index contributed by atoms with van der Waals surface area (Å²) in [6, 6.07) is 22.0. The fraction of sp³-hybridized carbons (Fsp3) is 0.258. The molecule has 2 unspecified atom stereocenters. The Morgan fingerprint density at radius 1 is 1.05 bits per heavy atom. The lowest BCUT2D eigenvalue weighted by molar-refractivity contribution is -0.115. The number of thiocarbonyl (C=S) groups is 1. The van der Waals surface area contributed by atoms with Gasteiger partial charge < -0.3 is 24.8 Å². The molecule has 0 aliphatic carbocycles. The van der Waals surface area contributed by atoms with Gasteiger partial charge in [-0.15, -0.1) is 0 Å². The number of hydrogen-bond acceptors (Lipinski definition) is 4. The van der Waals surface area contributed by atoms with E-state index in [1.807, 2.05) is 68.6 Å². The summed E-state index contributed by atoms with van der Waals surface area (Å²) in [5.41, 5.74) is 8.07. The van der Waals surface area contributed by atoms with Gasteiger partial charge in [0.2, 0.25) is 5.91 Å². The summed E-state index contributed by atoms with van der Waals surface area (Å²) in [5, 5.41) is 7.17. The van der Waals surface area contributed by atoms with Gasteiger partial charge >= 0.3 is 0 Å². The highest BCUT2D eigenvalue weighted by Gasteiger charge is 2.42. The Balaban J connectivity index is 1.63. The molecule has 8 heteroatoms. The van der Waals surface area contributed by atoms with Gasteiger partial charge in [0.15, 0.2) is 5.11 Å². The molecule has 1 aliphatic rings. The van der Waals surface area contributed by atoms with Crippen LogP contribution in [-0.2, 0) is 4.79 Å². The number of ether oxygens (including phenoxy) is 1. The molecule has 1 amide bonds. The summed E-state index contributed by atoms with van der Waals surface area (Å²) in [7, 11) is 1.68. The van der Waals surface area contributed by atoms with Gasteiger partial charge in [0.1, 0.15) is 5.75 Å². The zero-order valence-electron chi connectivity index (χ0n) is 22.9. The summed E-state index contributed by atoms with van der Waals surface area (Å²) in [5.74, 6) is 0.797. The van der Waals surface area contributed by atoms with Crippen LogP contribution in [-0.4, -0.2) is 27.7 Å². The monoisotopic (exact) mass is 539 g/mol. The first-order valence-corrected chi connectivity index (χ1v) is 13.5. The summed E-state index contributed by atoms with van der Waals surface area (Å²) >= 11 is 5.94. The molecule has 5 rings (SSSR count). The van der Waals surface area contributed by atoms with Crippen LogP contribution in [0.15, 0.2) is 72.9 Å². The number of rotatable bonds is 7. The average Bonchev–Trinajstić information content (AvgIpc) is 3.44. The average molecular weight is 540 g/mol. The van der Waals surface area contributed by atoms with E-state index in [1.165, 1.54) is 0 Å². The molecule has 2 aromatic carbocycles. The highest BCUT2D eigenvalue weighted by molar-refractivity contribution is 7.80. The number of nitrogens with zero attached hydrogens (tertiary/aromatic N) is 3. The van der Waals surface area contributed by atoms with Crippen molar-refractivity contribution in [2.45, 2.75) is 46.2 Å². The summed E-state index contributed by atoms with van der Waals surface area (Å²) in [6.07, 6.45) is 2.24. The van der Waals surface area contributed by atoms with Crippen LogP contribution in [0.1, 0.15) is 53.6 Å². The summed E-state index contributed by atoms with van der Waals surface area (Å²) < 4.78 is 7.75. The number of aryl methyl sites for hydroxylation is 2. The second-order valence-electron chi connectivity index (χ2n) is 9.76. The number of pyridine rings is 1. The number of nitrogens with one attached hydrogen (secondary N) is 2. The maximum atomic E-state index is 12.0. The molecular weight excluding hydrogens is 506 g/mol. The number of benzene rings is 2. The minimum absolute atomic E-state index is 0.0118. The minimum Gasteiger partial charge on any atom is -0.497 e. The van der Waals surface area contributed by atoms with Crippen LogP contribution in [0.5, 0.6) is 5.75 Å². The normalized spacial score (nSPS) is 16.7. The van der Waals surface area contributed by atoms with Crippen LogP contribution in [0.2, 0.25) is 0 Å². The van der Waals surface area contributed by atoms with E-state index >= 15 is 0 Å². The third-order valence-electron chi connectivity index (χ3n) is 7.28. The molecule has 39 heavy (non-hydrogen) atoms. The molecule has 7 nitrogen and oxygen atoms in total. The van der Waals surface area contributed by atoms with E-state index in [2.05, 4.69) is 52.1 Å². The smallest absolute Gasteiger partial charge is 0.224 e. The van der Waals surface area contributed by atoms with Crippen molar-refractivity contribution >= 4 is 34.6 Å². The van der Waals surface area contributed by atoms with E-state index in [4.69, 9.17) is 21.9 Å². The van der Waals surface area contributed by atoms with Crippen molar-refractivity contribution < 1.29 is 9.53 Å². The highest BCUT2D eigenvalue weighted by atomic mass is 32.1. The highest BCUT2D eigenvalue weighted by Crippen LogP contribution is 2.44. The van der Waals surface area contributed by atoms with E-state index in [1.54, 1.807) is 7.11 Å². The first kappa shape index (κ1) is 26.4. The van der Waals surface area contributed by atoms with E-state index in [-0.39, 0.29) is 18.0 Å². The number of carbonyl (C=O) groups is 1. The SMILES string of the molecule is CCC(=O)Nc1ccc(N2C(=S)NC(c3ccccn3)C2c2cc(C)n(-c3cccc(OC)c3)c2C)cc1C. The molecular formula is C31H33N5O2S. The second-order valence-corrected chi connectivity index (χ2v) is 10.1. The molecule has 3 heterocycles. The van der Waals surface area contributed by atoms with Crippen molar-refractivity contribution in [1.29, 1.82) is 0 Å². The first-order valence-electron chi connectivity index (χ1n) is 13.1. The molecule has 2 aromatic heterocycles. The second kappa shape index (κ2) is 10.9. The molecule has 0 spiro atoms. The summed E-state index contributed by atoms with van der Waals surface area (Å²) in [4.78, 5) is 18.9. The lowest BCUT2D eigenvalue weighted by Crippen LogP contribution is -2.29. The molecule has 1 saturated heterocycles. The molecule has 0 saturated carbocycles. The predicted octanol–water partition coefficient (Wildman–Crippen LogP) is 6.33. The predicted molar refractivity (Wildman–Crippen MR) is 160 cm³/mol. The van der Waals surface area contributed by atoms with E-state index in [9.17, 15) is 4.79 Å². The number of aromatic nitrogens is 2. The Bertz CT molecular complexity index is 1530. The number of carbonyl (C=O) groups excluding carboxylic acids is 1. The van der Waals surface area contributed by atoms with Crippen LogP contribution in [0.25, 0.3) is 5.69 Å². The Morgan fingerprint density at radius 2 is 1.87 bits per heavy atom. The van der Waals surface area contributed by atoms with Gasteiger partial charge in [-0.1, -0.05) is 19.1 Å². The number of amides is 1. The number of hydrogen-bond donors (Lipinski definition) is 2. The third kappa shape index (κ3) is 5.00. The first-order chi connectivity index (χ1) is 18.8. The van der Waals surface area contributed by atoms with E-state index in [0.717, 1.165) is 51.0 Å². The lowest BCUT2D eigenvalue weighted by atomic mass is 9.96. The molecule has 1 fully saturated rings. The Morgan fingerprint density at radius 3 is 2.56 bits per heavy atom. The van der Waals surface area contributed by atoms with Gasteiger partial charge in [0.05, 0.1) is 24.9 Å². The number of anilines is 2. The van der Waals surface area contributed by atoms with Crippen LogP contribution in [0.4, 0.5) is 11.4 Å². The molecule has 2 N–H and O–H groups in total. The Labute approximate surface area is 234 Å². The fourth-order valence-corrected chi connectivity index (χ4v) is 5.71. The molecule has 0 bridgehead atoms. The Kier molecular flexibility index (Phi) is 7.39. The lowest BCUT2D eigenvalue weighted by Gasteiger charge is -2.29. The van der Waals surface area contributed by atoms with Crippen LogP contribution < -0.4 is 20.3 Å². The van der Waals surface area contributed by atoms with Gasteiger partial charge in [-0.25, -0.2) is 0 Å². The van der Waals surface area contributed by atoms with Gasteiger partial charge in [-0.3, -0.25) is 9.78 Å².